The van der Waals surface area contributed by atoms with Crippen LogP contribution in [0.25, 0.3) is 28.3 Å². The lowest BCUT2D eigenvalue weighted by Gasteiger charge is -2.15. The lowest BCUT2D eigenvalue weighted by Crippen LogP contribution is -2.27. The van der Waals surface area contributed by atoms with Gasteiger partial charge < -0.3 is 0 Å². The average molecular weight is 406 g/mol. The third kappa shape index (κ3) is 3.52. The van der Waals surface area contributed by atoms with Crippen LogP contribution < -0.4 is 5.56 Å². The van der Waals surface area contributed by atoms with Crippen molar-refractivity contribution in [3.05, 3.63) is 41.3 Å². The molecule has 1 N–H and O–H groups in total. The zero-order chi connectivity index (χ0) is 20.8. The quantitative estimate of drug-likeness (QED) is 0.549. The van der Waals surface area contributed by atoms with Crippen LogP contribution in [0.1, 0.15) is 26.3 Å². The van der Waals surface area contributed by atoms with Gasteiger partial charge in [0.25, 0.3) is 5.56 Å². The van der Waals surface area contributed by atoms with Crippen LogP contribution in [0.4, 0.5) is 13.2 Å². The van der Waals surface area contributed by atoms with Crippen LogP contribution in [0.15, 0.2) is 35.8 Å². The summed E-state index contributed by atoms with van der Waals surface area (Å²) in [5.41, 5.74) is 1.48. The van der Waals surface area contributed by atoms with Crippen LogP contribution in [0.3, 0.4) is 0 Å². The van der Waals surface area contributed by atoms with Gasteiger partial charge in [-0.1, -0.05) is 0 Å². The summed E-state index contributed by atoms with van der Waals surface area (Å²) in [5.74, 6) is 0.290. The van der Waals surface area contributed by atoms with Gasteiger partial charge in [0.15, 0.2) is 5.82 Å². The number of imidazole rings is 1. The molecule has 0 aliphatic rings. The largest absolute Gasteiger partial charge is 0.390 e. The molecule has 0 unspecified atom stereocenters. The lowest BCUT2D eigenvalue weighted by atomic mass is 10.3. The molecule has 0 fully saturated rings. The Labute approximate surface area is 161 Å². The summed E-state index contributed by atoms with van der Waals surface area (Å²) in [6.45, 7) is 3.32. The van der Waals surface area contributed by atoms with Gasteiger partial charge >= 0.3 is 6.18 Å². The molecular weight excluding hydrogens is 389 g/mol. The second-order valence-corrected chi connectivity index (χ2v) is 6.82. The maximum atomic E-state index is 13.1. The van der Waals surface area contributed by atoms with Gasteiger partial charge in [-0.2, -0.15) is 23.4 Å². The Bertz CT molecular complexity index is 1200. The van der Waals surface area contributed by atoms with E-state index in [-0.39, 0.29) is 23.8 Å². The van der Waals surface area contributed by atoms with Crippen LogP contribution in [-0.2, 0) is 6.54 Å². The van der Waals surface area contributed by atoms with Crippen molar-refractivity contribution in [3.8, 4) is 22.6 Å². The fourth-order valence-electron chi connectivity index (χ4n) is 3.05. The molecule has 12 heteroatoms. The van der Waals surface area contributed by atoms with Crippen LogP contribution in [0.2, 0.25) is 0 Å². The van der Waals surface area contributed by atoms with E-state index < -0.39 is 12.6 Å². The van der Waals surface area contributed by atoms with Crippen LogP contribution in [-0.4, -0.2) is 45.3 Å². The molecule has 0 atom stereocenters. The van der Waals surface area contributed by atoms with Crippen LogP contribution in [0, 0.1) is 0 Å². The van der Waals surface area contributed by atoms with Gasteiger partial charge in [0.2, 0.25) is 5.65 Å². The number of nitrogens with zero attached hydrogens (tertiary/aromatic N) is 7. The highest BCUT2D eigenvalue weighted by molar-refractivity contribution is 5.62. The Balaban J connectivity index is 1.85. The second kappa shape index (κ2) is 6.87. The molecule has 0 saturated heterocycles. The summed E-state index contributed by atoms with van der Waals surface area (Å²) < 4.78 is 41.5. The van der Waals surface area contributed by atoms with E-state index in [4.69, 9.17) is 0 Å². The van der Waals surface area contributed by atoms with Crippen molar-refractivity contribution in [1.29, 1.82) is 0 Å². The Kier molecular flexibility index (Phi) is 4.47. The molecule has 4 heterocycles. The third-order valence-electron chi connectivity index (χ3n) is 4.40. The Morgan fingerprint density at radius 3 is 2.62 bits per heavy atom. The highest BCUT2D eigenvalue weighted by atomic mass is 19.4. The van der Waals surface area contributed by atoms with Crippen molar-refractivity contribution >= 4 is 5.65 Å². The molecule has 0 spiro atoms. The first-order chi connectivity index (χ1) is 13.7. The summed E-state index contributed by atoms with van der Waals surface area (Å²) >= 11 is 0. The minimum absolute atomic E-state index is 0.142. The number of hydrogen-bond acceptors (Lipinski definition) is 5. The van der Waals surface area contributed by atoms with E-state index in [2.05, 4.69) is 25.4 Å². The number of aromatic nitrogens is 8. The number of H-pyrrole nitrogens is 1. The summed E-state index contributed by atoms with van der Waals surface area (Å²) in [4.78, 5) is 17.2. The SMILES string of the molecule is CC(C)n1c(-c2cnn(CCC(F)(F)F)c2)nn2c(-c3cn[nH]c3)cnc2c1=O. The summed E-state index contributed by atoms with van der Waals surface area (Å²) in [5, 5.41) is 15.1. The standard InChI is InChI=1S/C17H17F3N8O/c1-10(2)27-14(12-7-24-26(9-12)4-3-17(18,19)20)25-28-13(11-5-22-23-6-11)8-21-15(28)16(27)29/h5-10H,3-4H2,1-2H3,(H,22,23). The van der Waals surface area contributed by atoms with E-state index in [9.17, 15) is 18.0 Å². The predicted octanol–water partition coefficient (Wildman–Crippen LogP) is 2.68. The molecule has 0 bridgehead atoms. The van der Waals surface area contributed by atoms with E-state index >= 15 is 0 Å². The number of aromatic amines is 1. The zero-order valence-electron chi connectivity index (χ0n) is 15.6. The van der Waals surface area contributed by atoms with Gasteiger partial charge in [-0.15, -0.1) is 5.10 Å². The molecule has 152 valence electrons. The van der Waals surface area contributed by atoms with Crippen molar-refractivity contribution in [2.45, 2.75) is 39.0 Å². The topological polar surface area (TPSA) is 98.7 Å². The number of nitrogens with one attached hydrogen (secondary N) is 1. The van der Waals surface area contributed by atoms with Gasteiger partial charge in [0, 0.05) is 30.5 Å². The number of hydrogen-bond donors (Lipinski definition) is 1. The molecule has 0 radical (unpaired) electrons. The lowest BCUT2D eigenvalue weighted by molar-refractivity contribution is -0.137. The molecule has 4 aromatic heterocycles. The van der Waals surface area contributed by atoms with Crippen LogP contribution >= 0.6 is 0 Å². The van der Waals surface area contributed by atoms with Crippen molar-refractivity contribution in [2.24, 2.45) is 0 Å². The molecule has 0 saturated carbocycles. The summed E-state index contributed by atoms with van der Waals surface area (Å²) in [7, 11) is 0. The number of aryl methyl sites for hydroxylation is 1. The molecule has 0 aliphatic heterocycles. The Hall–Kier alpha value is -3.44. The fraction of sp³-hybridized carbons (Fsp3) is 0.353. The number of rotatable bonds is 5. The molecule has 4 aromatic rings. The molecule has 0 aliphatic carbocycles. The third-order valence-corrected chi connectivity index (χ3v) is 4.40. The molecule has 29 heavy (non-hydrogen) atoms. The van der Waals surface area contributed by atoms with E-state index in [1.807, 2.05) is 13.8 Å². The first kappa shape index (κ1) is 18.9. The highest BCUT2D eigenvalue weighted by Gasteiger charge is 2.27. The van der Waals surface area contributed by atoms with Gasteiger partial charge in [0.05, 0.1) is 36.3 Å². The number of alkyl halides is 3. The van der Waals surface area contributed by atoms with Crippen molar-refractivity contribution in [1.82, 2.24) is 39.1 Å². The maximum absolute atomic E-state index is 13.1. The van der Waals surface area contributed by atoms with Gasteiger partial charge in [-0.25, -0.2) is 9.50 Å². The minimum Gasteiger partial charge on any atom is -0.285 e. The van der Waals surface area contributed by atoms with Crippen molar-refractivity contribution in [2.75, 3.05) is 0 Å². The molecule has 0 aromatic carbocycles. The van der Waals surface area contributed by atoms with E-state index in [1.165, 1.54) is 32.4 Å². The van der Waals surface area contributed by atoms with Gasteiger partial charge in [-0.05, 0) is 13.8 Å². The average Bonchev–Trinajstić information content (AvgIpc) is 3.38. The molecular formula is C17H17F3N8O. The van der Waals surface area contributed by atoms with Crippen molar-refractivity contribution in [3.63, 3.8) is 0 Å². The molecule has 4 rings (SSSR count). The monoisotopic (exact) mass is 406 g/mol. The Morgan fingerprint density at radius 1 is 1.17 bits per heavy atom. The smallest absolute Gasteiger partial charge is 0.285 e. The predicted molar refractivity (Wildman–Crippen MR) is 97.1 cm³/mol. The fourth-order valence-corrected chi connectivity index (χ4v) is 3.05. The first-order valence-corrected chi connectivity index (χ1v) is 8.83. The normalized spacial score (nSPS) is 12.3. The van der Waals surface area contributed by atoms with Gasteiger partial charge in [0.1, 0.15) is 0 Å². The number of fused-ring (bicyclic) bond motifs is 1. The van der Waals surface area contributed by atoms with E-state index in [0.717, 1.165) is 0 Å². The van der Waals surface area contributed by atoms with E-state index in [1.54, 1.807) is 12.4 Å². The summed E-state index contributed by atoms with van der Waals surface area (Å²) in [6.07, 6.45) is 2.32. The number of halogens is 3. The zero-order valence-corrected chi connectivity index (χ0v) is 15.6. The minimum atomic E-state index is -4.28. The van der Waals surface area contributed by atoms with E-state index in [0.29, 0.717) is 22.6 Å². The van der Waals surface area contributed by atoms with Crippen LogP contribution in [0.5, 0.6) is 0 Å². The summed E-state index contributed by atoms with van der Waals surface area (Å²) in [6, 6.07) is -0.248. The highest BCUT2D eigenvalue weighted by Crippen LogP contribution is 2.24. The second-order valence-electron chi connectivity index (χ2n) is 6.82. The first-order valence-electron chi connectivity index (χ1n) is 8.83. The molecule has 0 amide bonds. The van der Waals surface area contributed by atoms with Crippen molar-refractivity contribution < 1.29 is 13.2 Å². The maximum Gasteiger partial charge on any atom is 0.390 e. The molecule has 9 nitrogen and oxygen atoms in total. The van der Waals surface area contributed by atoms with Gasteiger partial charge in [-0.3, -0.25) is 19.1 Å². The Morgan fingerprint density at radius 2 is 1.97 bits per heavy atom.